The zero-order valence-electron chi connectivity index (χ0n) is 31.1. The summed E-state index contributed by atoms with van der Waals surface area (Å²) in [7, 11) is 1.17. The van der Waals surface area contributed by atoms with Gasteiger partial charge in [-0.2, -0.15) is 4.73 Å². The van der Waals surface area contributed by atoms with E-state index in [0.29, 0.717) is 16.8 Å². The van der Waals surface area contributed by atoms with Gasteiger partial charge in [-0.05, 0) is 35.5 Å². The third-order valence-corrected chi connectivity index (χ3v) is 11.0. The lowest BCUT2D eigenvalue weighted by Gasteiger charge is -2.46. The van der Waals surface area contributed by atoms with Crippen LogP contribution >= 0.6 is 11.8 Å². The number of rotatable bonds is 18. The molecule has 0 aromatic carbocycles. The summed E-state index contributed by atoms with van der Waals surface area (Å²) in [6.07, 6.45) is 10.6. The first kappa shape index (κ1) is 41.4. The second-order valence-electron chi connectivity index (χ2n) is 15.0. The van der Waals surface area contributed by atoms with Gasteiger partial charge in [-0.1, -0.05) is 80.9 Å². The van der Waals surface area contributed by atoms with Gasteiger partial charge >= 0.3 is 5.97 Å². The van der Waals surface area contributed by atoms with Crippen LogP contribution in [0.5, 0.6) is 11.8 Å². The first-order valence-corrected chi connectivity index (χ1v) is 17.8. The number of hydrogen-bond donors (Lipinski definition) is 4. The van der Waals surface area contributed by atoms with Gasteiger partial charge in [0.15, 0.2) is 11.6 Å². The average Bonchev–Trinajstić information content (AvgIpc) is 3.30. The van der Waals surface area contributed by atoms with E-state index in [1.807, 2.05) is 13.8 Å². The second kappa shape index (κ2) is 16.8. The number of allylic oxidation sites excluding steroid dienone is 2. The predicted molar refractivity (Wildman–Crippen MR) is 191 cm³/mol. The molecule has 0 bridgehead atoms. The molecule has 12 nitrogen and oxygen atoms in total. The number of aromatic hydroxyl groups is 2. The Morgan fingerprint density at radius 3 is 2.35 bits per heavy atom. The number of amides is 2. The summed E-state index contributed by atoms with van der Waals surface area (Å²) in [6.45, 7) is 21.3. The van der Waals surface area contributed by atoms with Crippen LogP contribution < -0.4 is 15.4 Å². The minimum absolute atomic E-state index is 0.0540. The topological polar surface area (TPSA) is 170 Å². The van der Waals surface area contributed by atoms with Crippen LogP contribution in [0.15, 0.2) is 35.5 Å². The lowest BCUT2D eigenvalue weighted by molar-refractivity contribution is -0.613. The summed E-state index contributed by atoms with van der Waals surface area (Å²) in [4.78, 5) is 42.7. The van der Waals surface area contributed by atoms with Crippen LogP contribution in [-0.4, -0.2) is 63.0 Å². The number of methoxy groups -OCH3 is 1. The van der Waals surface area contributed by atoms with Crippen molar-refractivity contribution in [2.75, 3.05) is 19.4 Å². The number of hydrogen-bond acceptors (Lipinski definition) is 9. The van der Waals surface area contributed by atoms with E-state index in [2.05, 4.69) is 76.2 Å². The summed E-state index contributed by atoms with van der Waals surface area (Å²) in [5.74, 6) is -2.15. The molecule has 13 heteroatoms. The number of thioether (sulfide) groups is 1. The fourth-order valence-electron chi connectivity index (χ4n) is 5.64. The minimum Gasteiger partial charge on any atom is -0.618 e. The molecule has 2 rings (SSSR count). The average molecular weight is 704 g/mol. The van der Waals surface area contributed by atoms with Crippen molar-refractivity contribution in [3.63, 3.8) is 0 Å². The van der Waals surface area contributed by atoms with Crippen LogP contribution in [0, 0.1) is 33.8 Å². The predicted octanol–water partition coefficient (Wildman–Crippen LogP) is 5.66. The molecule has 0 saturated carbocycles. The monoisotopic (exact) mass is 703 g/mol. The van der Waals surface area contributed by atoms with Crippen molar-refractivity contribution in [3.8, 4) is 11.8 Å². The van der Waals surface area contributed by atoms with E-state index in [4.69, 9.17) is 4.74 Å². The fraction of sp³-hybridized carbons (Fsp3) is 0.639. The highest BCUT2D eigenvalue weighted by molar-refractivity contribution is 7.99. The van der Waals surface area contributed by atoms with Gasteiger partial charge in [-0.15, -0.1) is 11.8 Å². The number of nitrogens with zero attached hydrogens (tertiary/aromatic N) is 3. The standard InChI is InChI=1S/C36H57N5O7S/c1-12-33(4,5)15-14-16-36(10,13-2)35(8,9)23-34(6,7)32(46)37-17-18-40-28(42)19-27(30(40)44)49-22-26(31(45)48-11)39-29(43)25-21-41(47)24(3)20-38-25/h14,16,19-21,26,42,44H,12-13,15,17-18,22-23H2,1-11H3,(H,37,46)(H,39,43). The molecule has 2 heterocycles. The van der Waals surface area contributed by atoms with Crippen molar-refractivity contribution in [3.05, 3.63) is 47.2 Å². The molecule has 0 saturated heterocycles. The molecule has 0 fully saturated rings. The molecule has 2 aromatic rings. The molecule has 2 atom stereocenters. The van der Waals surface area contributed by atoms with Crippen molar-refractivity contribution in [2.45, 2.75) is 112 Å². The number of aromatic nitrogens is 3. The second-order valence-corrected chi connectivity index (χ2v) is 16.1. The fourth-order valence-corrected chi connectivity index (χ4v) is 6.63. The van der Waals surface area contributed by atoms with Crippen LogP contribution in [0.4, 0.5) is 0 Å². The van der Waals surface area contributed by atoms with E-state index in [9.17, 15) is 29.8 Å². The van der Waals surface area contributed by atoms with E-state index in [1.165, 1.54) is 30.9 Å². The quantitative estimate of drug-likeness (QED) is 0.0503. The zero-order valence-corrected chi connectivity index (χ0v) is 31.9. The van der Waals surface area contributed by atoms with Crippen molar-refractivity contribution in [2.24, 2.45) is 21.7 Å². The molecule has 0 spiro atoms. The number of esters is 1. The highest BCUT2D eigenvalue weighted by Crippen LogP contribution is 2.50. The Morgan fingerprint density at radius 1 is 1.12 bits per heavy atom. The molecule has 0 aliphatic rings. The van der Waals surface area contributed by atoms with Crippen molar-refractivity contribution in [1.82, 2.24) is 20.2 Å². The number of ether oxygens (including phenoxy) is 1. The van der Waals surface area contributed by atoms with Crippen molar-refractivity contribution < 1.29 is 34.1 Å². The maximum absolute atomic E-state index is 13.4. The molecular weight excluding hydrogens is 646 g/mol. The van der Waals surface area contributed by atoms with Crippen LogP contribution in [-0.2, 0) is 20.9 Å². The summed E-state index contributed by atoms with van der Waals surface area (Å²) in [6, 6.07) is 0.196. The molecule has 2 aromatic heterocycles. The van der Waals surface area contributed by atoms with Gasteiger partial charge in [0.05, 0.1) is 18.2 Å². The van der Waals surface area contributed by atoms with Gasteiger partial charge in [-0.25, -0.2) is 9.78 Å². The SMILES string of the molecule is CCC(C)(C)CC=CC(C)(CC)C(C)(C)CC(C)(C)C(=O)NCCn1c(O)cc(SCC(NC(=O)c2c[n+]([O-])c(C)cn2)C(=O)OC)c1O. The van der Waals surface area contributed by atoms with E-state index in [0.717, 1.165) is 37.2 Å². The molecule has 0 aliphatic carbocycles. The lowest BCUT2D eigenvalue weighted by atomic mass is 9.59. The van der Waals surface area contributed by atoms with E-state index >= 15 is 0 Å². The zero-order chi connectivity index (χ0) is 37.4. The van der Waals surface area contributed by atoms with Crippen molar-refractivity contribution in [1.29, 1.82) is 0 Å². The van der Waals surface area contributed by atoms with Crippen LogP contribution in [0.25, 0.3) is 0 Å². The Kier molecular flexibility index (Phi) is 14.2. The van der Waals surface area contributed by atoms with Gasteiger partial charge in [0.1, 0.15) is 6.04 Å². The summed E-state index contributed by atoms with van der Waals surface area (Å²) in [5.41, 5.74) is -0.625. The molecule has 274 valence electrons. The maximum Gasteiger partial charge on any atom is 0.329 e. The number of carbonyl (C=O) groups excluding carboxylic acids is 3. The van der Waals surface area contributed by atoms with Crippen LogP contribution in [0.3, 0.4) is 0 Å². The Bertz CT molecular complexity index is 1500. The van der Waals surface area contributed by atoms with E-state index < -0.39 is 23.3 Å². The highest BCUT2D eigenvalue weighted by Gasteiger charge is 2.43. The third kappa shape index (κ3) is 10.9. The molecule has 2 unspecified atom stereocenters. The maximum atomic E-state index is 13.4. The van der Waals surface area contributed by atoms with E-state index in [-0.39, 0.29) is 63.3 Å². The molecular formula is C36H57N5O7S. The Morgan fingerprint density at radius 2 is 1.78 bits per heavy atom. The first-order chi connectivity index (χ1) is 22.6. The summed E-state index contributed by atoms with van der Waals surface area (Å²) in [5, 5.41) is 38.8. The van der Waals surface area contributed by atoms with Gasteiger partial charge < -0.3 is 30.8 Å². The van der Waals surface area contributed by atoms with Crippen molar-refractivity contribution >= 4 is 29.5 Å². The number of nitrogens with one attached hydrogen (secondary N) is 2. The molecule has 0 radical (unpaired) electrons. The Hall–Kier alpha value is -3.74. The third-order valence-electron chi connectivity index (χ3n) is 9.93. The van der Waals surface area contributed by atoms with Gasteiger partial charge in [0.2, 0.25) is 23.7 Å². The smallest absolute Gasteiger partial charge is 0.329 e. The van der Waals surface area contributed by atoms with Crippen LogP contribution in [0.2, 0.25) is 0 Å². The number of aryl methyl sites for hydroxylation is 1. The first-order valence-electron chi connectivity index (χ1n) is 16.8. The molecule has 4 N–H and O–H groups in total. The normalized spacial score (nSPS) is 14.3. The molecule has 2 amide bonds. The summed E-state index contributed by atoms with van der Waals surface area (Å²) >= 11 is 1.01. The van der Waals surface area contributed by atoms with Gasteiger partial charge in [0, 0.05) is 37.2 Å². The lowest BCUT2D eigenvalue weighted by Crippen LogP contribution is -2.44. The Balaban J connectivity index is 2.05. The largest absolute Gasteiger partial charge is 0.618 e. The molecule has 49 heavy (non-hydrogen) atoms. The minimum atomic E-state index is -1.14. The van der Waals surface area contributed by atoms with Gasteiger partial charge in [-0.3, -0.25) is 14.2 Å². The number of carbonyl (C=O) groups is 3. The van der Waals surface area contributed by atoms with Gasteiger partial charge in [0.25, 0.3) is 5.91 Å². The van der Waals surface area contributed by atoms with E-state index in [1.54, 1.807) is 0 Å². The molecule has 0 aliphatic heterocycles. The Labute approximate surface area is 295 Å². The highest BCUT2D eigenvalue weighted by atomic mass is 32.2. The van der Waals surface area contributed by atoms with Crippen LogP contribution in [0.1, 0.15) is 104 Å². The summed E-state index contributed by atoms with van der Waals surface area (Å²) < 4.78 is 6.57.